The number of nitrogens with one attached hydrogen (secondary N) is 4. The van der Waals surface area contributed by atoms with Crippen LogP contribution in [-0.2, 0) is 53.6 Å². The normalized spacial score (nSPS) is 16.9. The number of nitrogen functional groups attached to an aromatic ring is 1. The summed E-state index contributed by atoms with van der Waals surface area (Å²) in [7, 11) is -8.64. The van der Waals surface area contributed by atoms with E-state index < -0.39 is 64.2 Å². The van der Waals surface area contributed by atoms with Crippen molar-refractivity contribution < 1.29 is 73.3 Å². The number of carbonyl (C=O) groups is 5. The van der Waals surface area contributed by atoms with Gasteiger partial charge in [0.25, 0.3) is 26.1 Å². The molecule has 4 atom stereocenters. The summed E-state index contributed by atoms with van der Waals surface area (Å²) in [6.07, 6.45) is 6.20. The molecule has 0 unspecified atom stereocenters. The number of benzene rings is 3. The molecule has 0 bridgehead atoms. The molecule has 4 amide bonds. The number of urea groups is 1. The van der Waals surface area contributed by atoms with Crippen molar-refractivity contribution in [2.45, 2.75) is 112 Å². The van der Waals surface area contributed by atoms with E-state index in [1.54, 1.807) is 19.1 Å². The Morgan fingerprint density at radius 3 is 2.14 bits per heavy atom. The molecular formula is C53H72N6O16S3. The van der Waals surface area contributed by atoms with Gasteiger partial charge in [-0.25, -0.2) is 4.79 Å². The number of carbonyl (C=O) groups excluding carboxylic acids is 5. The van der Waals surface area contributed by atoms with Crippen molar-refractivity contribution in [3.8, 4) is 22.5 Å². The van der Waals surface area contributed by atoms with Crippen LogP contribution in [0.1, 0.15) is 93.5 Å². The fourth-order valence-electron chi connectivity index (χ4n) is 9.93. The molecule has 3 aliphatic heterocycles. The number of fused-ring (bicyclic) bond motifs is 3. The molecule has 2 aromatic carbocycles. The zero-order chi connectivity index (χ0) is 56.6. The highest BCUT2D eigenvalue weighted by Crippen LogP contribution is 2.46. The van der Waals surface area contributed by atoms with E-state index in [0.717, 1.165) is 37.6 Å². The number of thioether (sulfide) groups is 1. The lowest BCUT2D eigenvalue weighted by atomic mass is 9.90. The van der Waals surface area contributed by atoms with Gasteiger partial charge in [-0.3, -0.25) is 33.7 Å². The summed E-state index contributed by atoms with van der Waals surface area (Å²) in [4.78, 5) is 63.5. The number of Topliss-reactive ketones (excluding diaryl/α,β-unsaturated/α-hetero) is 2. The summed E-state index contributed by atoms with van der Waals surface area (Å²) >= 11 is 1.93. The van der Waals surface area contributed by atoms with E-state index in [0.29, 0.717) is 94.5 Å². The number of likely N-dealkylation sites (N-methyl/N-ethyl adjacent to an activating group) is 1. The number of unbranched alkanes of at least 4 members (excludes halogenated alkanes) is 2. The number of ketones is 2. The molecule has 22 nitrogen and oxygen atoms in total. The van der Waals surface area contributed by atoms with Crippen LogP contribution in [0.2, 0.25) is 0 Å². The third-order valence-corrected chi connectivity index (χ3v) is 17.1. The van der Waals surface area contributed by atoms with Crippen LogP contribution >= 0.6 is 11.8 Å². The summed E-state index contributed by atoms with van der Waals surface area (Å²) in [5.74, 6) is -0.729. The number of rotatable bonds is 34. The standard InChI is InChI=1S/C53H72N6O16S3/c1-4-59-46-43(58-53(59)64)32-76-44(46)13-6-5-11-36(60)12-9-22-71-24-26-73-28-29-74-27-25-72-23-20-37(61)31-34(51(62)56-3)10-7-8-21-57-52(63)35-14-15-38(33(2)30-35)45-39-16-18-41(54)49(77(65,66)67)47(39)75-48-40(45)17-19-42(55)50(48)78(68,69)70/h14-19,30,34,43-44,46,54H,4-13,20-29,31-32,55H2,1-3H3,(H,56,62)(H,57,63)(H,58,64)(H,65,66,67)(H,68,69,70)/t34-,43+,44+,46+/m1/s1. The summed E-state index contributed by atoms with van der Waals surface area (Å²) in [5.41, 5.74) is 6.43. The Bertz CT molecular complexity index is 3030. The Morgan fingerprint density at radius 2 is 1.49 bits per heavy atom. The van der Waals surface area contributed by atoms with E-state index >= 15 is 0 Å². The van der Waals surface area contributed by atoms with Crippen molar-refractivity contribution >= 4 is 78.1 Å². The quantitative estimate of drug-likeness (QED) is 0.00990. The Balaban J connectivity index is 0.822. The van der Waals surface area contributed by atoms with Crippen LogP contribution in [0, 0.1) is 18.3 Å². The number of anilines is 1. The van der Waals surface area contributed by atoms with Gasteiger partial charge in [-0.2, -0.15) is 28.6 Å². The van der Waals surface area contributed by atoms with Gasteiger partial charge in [0.1, 0.15) is 11.6 Å². The summed E-state index contributed by atoms with van der Waals surface area (Å²) in [6, 6.07) is 10.3. The number of hydrogen-bond donors (Lipinski definition) is 7. The average Bonchev–Trinajstić information content (AvgIpc) is 3.95. The Labute approximate surface area is 458 Å². The van der Waals surface area contributed by atoms with Crippen LogP contribution in [-0.4, -0.2) is 156 Å². The van der Waals surface area contributed by atoms with Crippen molar-refractivity contribution in [2.24, 2.45) is 5.92 Å². The largest absolute Gasteiger partial charge is 0.453 e. The molecule has 8 N–H and O–H groups in total. The van der Waals surface area contributed by atoms with E-state index in [1.807, 2.05) is 23.6 Å². The second kappa shape index (κ2) is 29.1. The molecule has 4 aliphatic rings. The first-order valence-electron chi connectivity index (χ1n) is 26.2. The van der Waals surface area contributed by atoms with Gasteiger partial charge < -0.3 is 49.9 Å². The van der Waals surface area contributed by atoms with Gasteiger partial charge in [-0.15, -0.1) is 0 Å². The number of ether oxygens (including phenoxy) is 4. The minimum Gasteiger partial charge on any atom is -0.453 e. The van der Waals surface area contributed by atoms with Crippen LogP contribution in [0.25, 0.3) is 33.4 Å². The van der Waals surface area contributed by atoms with Gasteiger partial charge in [0.05, 0.1) is 69.4 Å². The van der Waals surface area contributed by atoms with E-state index in [4.69, 9.17) is 34.5 Å². The lowest BCUT2D eigenvalue weighted by Gasteiger charge is -2.26. The highest BCUT2D eigenvalue weighted by Gasteiger charge is 2.47. The zero-order valence-electron chi connectivity index (χ0n) is 44.3. The van der Waals surface area contributed by atoms with Crippen LogP contribution in [0.5, 0.6) is 0 Å². The van der Waals surface area contributed by atoms with Crippen molar-refractivity contribution in [1.82, 2.24) is 20.9 Å². The van der Waals surface area contributed by atoms with E-state index in [1.165, 1.54) is 31.3 Å². The van der Waals surface area contributed by atoms with Crippen molar-refractivity contribution in [3.63, 3.8) is 0 Å². The Kier molecular flexibility index (Phi) is 23.0. The average molecular weight is 1150 g/mol. The third kappa shape index (κ3) is 16.5. The molecule has 3 heterocycles. The first-order valence-corrected chi connectivity index (χ1v) is 30.1. The highest BCUT2D eigenvalue weighted by molar-refractivity contribution is 8.00. The van der Waals surface area contributed by atoms with E-state index in [9.17, 15) is 49.9 Å². The molecule has 2 fully saturated rings. The van der Waals surface area contributed by atoms with Gasteiger partial charge in [0, 0.05) is 91.4 Å². The van der Waals surface area contributed by atoms with Crippen molar-refractivity contribution in [3.05, 3.63) is 58.9 Å². The first-order chi connectivity index (χ1) is 37.2. The topological polar surface area (TPSA) is 333 Å². The molecule has 0 aromatic heterocycles. The third-order valence-electron chi connectivity index (χ3n) is 13.8. The molecule has 1 aliphatic carbocycles. The van der Waals surface area contributed by atoms with Crippen molar-refractivity contribution in [1.29, 1.82) is 5.41 Å². The lowest BCUT2D eigenvalue weighted by Crippen LogP contribution is -2.40. The maximum atomic E-state index is 13.3. The summed E-state index contributed by atoms with van der Waals surface area (Å²) in [6.45, 7) is 7.48. The number of nitrogens with zero attached hydrogens (tertiary/aromatic N) is 1. The Morgan fingerprint density at radius 1 is 0.833 bits per heavy atom. The molecule has 0 radical (unpaired) electrons. The molecular weight excluding hydrogens is 1070 g/mol. The summed E-state index contributed by atoms with van der Waals surface area (Å²) < 4.78 is 98.2. The molecule has 0 spiro atoms. The molecule has 6 rings (SSSR count). The number of aryl methyl sites for hydroxylation is 1. The number of amides is 4. The zero-order valence-corrected chi connectivity index (χ0v) is 46.7. The second-order valence-corrected chi connectivity index (χ2v) is 23.2. The molecule has 2 saturated heterocycles. The monoisotopic (exact) mass is 1140 g/mol. The predicted molar refractivity (Wildman–Crippen MR) is 292 cm³/mol. The van der Waals surface area contributed by atoms with Gasteiger partial charge in [-0.1, -0.05) is 18.9 Å². The maximum absolute atomic E-state index is 13.3. The molecule has 25 heteroatoms. The van der Waals surface area contributed by atoms with Crippen molar-refractivity contribution in [2.75, 3.05) is 84.5 Å². The van der Waals surface area contributed by atoms with Gasteiger partial charge >= 0.3 is 6.03 Å². The van der Waals surface area contributed by atoms with E-state index in [-0.39, 0.29) is 90.3 Å². The van der Waals surface area contributed by atoms with Gasteiger partial charge in [0.2, 0.25) is 5.91 Å². The highest BCUT2D eigenvalue weighted by atomic mass is 32.2. The fraction of sp³-hybridized carbons (Fsp3) is 0.547. The molecule has 428 valence electrons. The smallest absolute Gasteiger partial charge is 0.318 e. The van der Waals surface area contributed by atoms with Crippen LogP contribution in [0.4, 0.5) is 10.5 Å². The van der Waals surface area contributed by atoms with E-state index in [2.05, 4.69) is 16.0 Å². The van der Waals surface area contributed by atoms with Crippen LogP contribution in [0.15, 0.2) is 56.7 Å². The Hall–Kier alpha value is -5.51. The van der Waals surface area contributed by atoms with Crippen LogP contribution in [0.3, 0.4) is 0 Å². The molecule has 78 heavy (non-hydrogen) atoms. The lowest BCUT2D eigenvalue weighted by molar-refractivity contribution is -0.129. The molecule has 0 saturated carbocycles. The van der Waals surface area contributed by atoms with Crippen LogP contribution < -0.4 is 27.0 Å². The minimum atomic E-state index is -5.09. The molecule has 2 aromatic rings. The minimum absolute atomic E-state index is 0.0339. The number of hydrogen-bond acceptors (Lipinski definition) is 17. The fourth-order valence-corrected chi connectivity index (χ4v) is 13.0. The summed E-state index contributed by atoms with van der Waals surface area (Å²) in [5, 5.41) is 16.6. The second-order valence-electron chi connectivity index (χ2n) is 19.2. The SMILES string of the molecule is CCN1C(=O)N[C@H]2CS[C@@H](CCCCC(=O)CCCOCCOCCOCCOCCC(=O)C[C@@H](CCCCNC(=O)c3ccc(-c4c5ccc(=N)c(S(=O)(=O)O)c-5oc5c(S(=O)(=O)O)c(N)ccc45)c(C)c3)C(=O)NC)[C@H]21. The van der Waals surface area contributed by atoms with Gasteiger partial charge in [0.15, 0.2) is 21.1 Å². The number of nitrogens with two attached hydrogens (primary N) is 1. The van der Waals surface area contributed by atoms with Gasteiger partial charge in [-0.05, 0) is 93.5 Å². The maximum Gasteiger partial charge on any atom is 0.318 e. The first kappa shape index (κ1) is 61.7. The predicted octanol–water partition coefficient (Wildman–Crippen LogP) is 5.55.